The third kappa shape index (κ3) is 6.13. The van der Waals surface area contributed by atoms with Crippen molar-refractivity contribution < 1.29 is 9.47 Å². The molecule has 0 bridgehead atoms. The van der Waals surface area contributed by atoms with E-state index in [2.05, 4.69) is 53.1 Å². The van der Waals surface area contributed by atoms with E-state index in [0.717, 1.165) is 58.2 Å². The van der Waals surface area contributed by atoms with Crippen molar-refractivity contribution in [2.75, 3.05) is 45.9 Å². The Morgan fingerprint density at radius 2 is 1.50 bits per heavy atom. The van der Waals surface area contributed by atoms with E-state index >= 15 is 0 Å². The van der Waals surface area contributed by atoms with Gasteiger partial charge in [0.2, 0.25) is 0 Å². The molecule has 2 aromatic rings. The molecule has 1 fully saturated rings. The highest BCUT2D eigenvalue weighted by Crippen LogP contribution is 2.16. The second kappa shape index (κ2) is 10.3. The molecule has 26 heavy (non-hydrogen) atoms. The van der Waals surface area contributed by atoms with E-state index < -0.39 is 0 Å². The second-order valence-electron chi connectivity index (χ2n) is 6.73. The van der Waals surface area contributed by atoms with Crippen LogP contribution >= 0.6 is 0 Å². The van der Waals surface area contributed by atoms with Crippen LogP contribution in [-0.2, 0) is 17.9 Å². The van der Waals surface area contributed by atoms with Crippen molar-refractivity contribution in [2.45, 2.75) is 20.1 Å². The summed E-state index contributed by atoms with van der Waals surface area (Å²) >= 11 is 0. The summed E-state index contributed by atoms with van der Waals surface area (Å²) in [6.45, 7) is 10.9. The zero-order valence-corrected chi connectivity index (χ0v) is 15.8. The topological polar surface area (TPSA) is 24.9 Å². The van der Waals surface area contributed by atoms with Crippen LogP contribution in [-0.4, -0.2) is 55.7 Å². The SMILES string of the molecule is CCOCCN1CCN(Cc2ccc(OCc3ccccc3)cc2)CC1. The lowest BCUT2D eigenvalue weighted by atomic mass is 10.2. The third-order valence-electron chi connectivity index (χ3n) is 4.80. The molecule has 140 valence electrons. The average molecular weight is 354 g/mol. The van der Waals surface area contributed by atoms with E-state index in [9.17, 15) is 0 Å². The minimum atomic E-state index is 0.615. The lowest BCUT2D eigenvalue weighted by molar-refractivity contribution is 0.0786. The van der Waals surface area contributed by atoms with Gasteiger partial charge in [-0.05, 0) is 30.2 Å². The molecule has 4 nitrogen and oxygen atoms in total. The number of rotatable bonds is 9. The van der Waals surface area contributed by atoms with E-state index in [4.69, 9.17) is 9.47 Å². The Bertz CT molecular complexity index is 622. The third-order valence-corrected chi connectivity index (χ3v) is 4.80. The summed E-state index contributed by atoms with van der Waals surface area (Å²) in [5.74, 6) is 0.929. The van der Waals surface area contributed by atoms with Gasteiger partial charge < -0.3 is 9.47 Å². The van der Waals surface area contributed by atoms with Gasteiger partial charge in [-0.25, -0.2) is 0 Å². The van der Waals surface area contributed by atoms with Crippen LogP contribution < -0.4 is 4.74 Å². The van der Waals surface area contributed by atoms with E-state index in [1.807, 2.05) is 18.2 Å². The first-order chi connectivity index (χ1) is 12.8. The van der Waals surface area contributed by atoms with Crippen molar-refractivity contribution in [3.05, 3.63) is 65.7 Å². The van der Waals surface area contributed by atoms with Gasteiger partial charge >= 0.3 is 0 Å². The fraction of sp³-hybridized carbons (Fsp3) is 0.455. The van der Waals surface area contributed by atoms with Crippen molar-refractivity contribution in [3.8, 4) is 5.75 Å². The minimum Gasteiger partial charge on any atom is -0.489 e. The quantitative estimate of drug-likeness (QED) is 0.644. The van der Waals surface area contributed by atoms with Crippen LogP contribution in [0.2, 0.25) is 0 Å². The normalized spacial score (nSPS) is 15.9. The molecule has 1 heterocycles. The smallest absolute Gasteiger partial charge is 0.119 e. The first-order valence-electron chi connectivity index (χ1n) is 9.61. The van der Waals surface area contributed by atoms with Gasteiger partial charge in [-0.3, -0.25) is 9.80 Å². The van der Waals surface area contributed by atoms with Crippen LogP contribution in [0.4, 0.5) is 0 Å². The maximum Gasteiger partial charge on any atom is 0.119 e. The lowest BCUT2D eigenvalue weighted by Gasteiger charge is -2.34. The van der Waals surface area contributed by atoms with Gasteiger partial charge in [-0.2, -0.15) is 0 Å². The maximum atomic E-state index is 5.87. The minimum absolute atomic E-state index is 0.615. The van der Waals surface area contributed by atoms with Crippen molar-refractivity contribution in [3.63, 3.8) is 0 Å². The van der Waals surface area contributed by atoms with E-state index in [-0.39, 0.29) is 0 Å². The Kier molecular flexibility index (Phi) is 7.50. The molecule has 0 N–H and O–H groups in total. The highest BCUT2D eigenvalue weighted by molar-refractivity contribution is 5.27. The summed E-state index contributed by atoms with van der Waals surface area (Å²) in [7, 11) is 0. The lowest BCUT2D eigenvalue weighted by Crippen LogP contribution is -2.46. The molecular formula is C22H30N2O2. The molecule has 1 saturated heterocycles. The van der Waals surface area contributed by atoms with Crippen molar-refractivity contribution in [2.24, 2.45) is 0 Å². The second-order valence-corrected chi connectivity index (χ2v) is 6.73. The fourth-order valence-corrected chi connectivity index (χ4v) is 3.20. The summed E-state index contributed by atoms with van der Waals surface area (Å²) in [5, 5.41) is 0. The molecular weight excluding hydrogens is 324 g/mol. The Balaban J connectivity index is 1.39. The molecule has 0 aliphatic carbocycles. The fourth-order valence-electron chi connectivity index (χ4n) is 3.20. The molecule has 0 aromatic heterocycles. The molecule has 0 atom stereocenters. The van der Waals surface area contributed by atoms with Gasteiger partial charge in [0, 0.05) is 45.9 Å². The number of ether oxygens (including phenoxy) is 2. The highest BCUT2D eigenvalue weighted by atomic mass is 16.5. The van der Waals surface area contributed by atoms with Crippen LogP contribution in [0.3, 0.4) is 0 Å². The summed E-state index contributed by atoms with van der Waals surface area (Å²) in [5.41, 5.74) is 2.54. The molecule has 0 amide bonds. The van der Waals surface area contributed by atoms with Crippen LogP contribution in [0.15, 0.2) is 54.6 Å². The molecule has 3 rings (SSSR count). The van der Waals surface area contributed by atoms with Crippen LogP contribution in [0.5, 0.6) is 5.75 Å². The van der Waals surface area contributed by atoms with Gasteiger partial charge in [0.05, 0.1) is 6.61 Å². The molecule has 1 aliphatic heterocycles. The van der Waals surface area contributed by atoms with Gasteiger partial charge in [-0.1, -0.05) is 42.5 Å². The van der Waals surface area contributed by atoms with E-state index in [1.54, 1.807) is 0 Å². The zero-order chi connectivity index (χ0) is 18.0. The monoisotopic (exact) mass is 354 g/mol. The number of piperazine rings is 1. The predicted molar refractivity (Wildman–Crippen MR) is 105 cm³/mol. The number of hydrogen-bond acceptors (Lipinski definition) is 4. The highest BCUT2D eigenvalue weighted by Gasteiger charge is 2.16. The number of hydrogen-bond donors (Lipinski definition) is 0. The van der Waals surface area contributed by atoms with Gasteiger partial charge in [0.15, 0.2) is 0 Å². The van der Waals surface area contributed by atoms with Crippen molar-refractivity contribution >= 4 is 0 Å². The molecule has 4 heteroatoms. The first kappa shape index (κ1) is 18.9. The summed E-state index contributed by atoms with van der Waals surface area (Å²) in [4.78, 5) is 5.02. The van der Waals surface area contributed by atoms with Gasteiger partial charge in [0.25, 0.3) is 0 Å². The Morgan fingerprint density at radius 3 is 2.19 bits per heavy atom. The Labute approximate surface area is 157 Å². The Morgan fingerprint density at radius 1 is 0.808 bits per heavy atom. The van der Waals surface area contributed by atoms with E-state index in [0.29, 0.717) is 6.61 Å². The number of nitrogens with zero attached hydrogens (tertiary/aromatic N) is 2. The maximum absolute atomic E-state index is 5.87. The molecule has 1 aliphatic rings. The molecule has 0 saturated carbocycles. The van der Waals surface area contributed by atoms with Crippen LogP contribution in [0, 0.1) is 0 Å². The molecule has 2 aromatic carbocycles. The summed E-state index contributed by atoms with van der Waals surface area (Å²) < 4.78 is 11.3. The van der Waals surface area contributed by atoms with Gasteiger partial charge in [0.1, 0.15) is 12.4 Å². The first-order valence-corrected chi connectivity index (χ1v) is 9.61. The standard InChI is InChI=1S/C22H30N2O2/c1-2-25-17-16-23-12-14-24(15-13-23)18-20-8-10-22(11-9-20)26-19-21-6-4-3-5-7-21/h3-11H,2,12-19H2,1H3. The van der Waals surface area contributed by atoms with Crippen molar-refractivity contribution in [1.29, 1.82) is 0 Å². The van der Waals surface area contributed by atoms with Crippen LogP contribution in [0.25, 0.3) is 0 Å². The largest absolute Gasteiger partial charge is 0.489 e. The molecule has 0 spiro atoms. The molecule has 0 radical (unpaired) electrons. The average Bonchev–Trinajstić information content (AvgIpc) is 2.70. The predicted octanol–water partition coefficient (Wildman–Crippen LogP) is 3.42. The Hall–Kier alpha value is -1.88. The van der Waals surface area contributed by atoms with Gasteiger partial charge in [-0.15, -0.1) is 0 Å². The summed E-state index contributed by atoms with van der Waals surface area (Å²) in [6, 6.07) is 18.8. The summed E-state index contributed by atoms with van der Waals surface area (Å²) in [6.07, 6.45) is 0. The molecule has 0 unspecified atom stereocenters. The zero-order valence-electron chi connectivity index (χ0n) is 15.8. The van der Waals surface area contributed by atoms with Crippen LogP contribution in [0.1, 0.15) is 18.1 Å². The van der Waals surface area contributed by atoms with Crippen molar-refractivity contribution in [1.82, 2.24) is 9.80 Å². The number of benzene rings is 2. The van der Waals surface area contributed by atoms with E-state index in [1.165, 1.54) is 11.1 Å².